The maximum absolute atomic E-state index is 12.6. The molecular weight excluding hydrogens is 344 g/mol. The summed E-state index contributed by atoms with van der Waals surface area (Å²) < 4.78 is 0. The number of fused-ring (bicyclic) bond motifs is 1. The van der Waals surface area contributed by atoms with Crippen LogP contribution in [0, 0.1) is 13.8 Å². The number of hydrogen-bond acceptors (Lipinski definition) is 2. The van der Waals surface area contributed by atoms with E-state index in [2.05, 4.69) is 52.7 Å². The first-order valence-electron chi connectivity index (χ1n) is 9.90. The van der Waals surface area contributed by atoms with Gasteiger partial charge in [-0.15, -0.1) is 0 Å². The molecule has 0 atom stereocenters. The zero-order chi connectivity index (χ0) is 19.5. The summed E-state index contributed by atoms with van der Waals surface area (Å²) in [5, 5.41) is 3.03. The van der Waals surface area contributed by atoms with Crippen LogP contribution in [0.1, 0.15) is 39.0 Å². The fraction of sp³-hybridized carbons (Fsp3) is 0.240. The van der Waals surface area contributed by atoms with Crippen LogP contribution >= 0.6 is 0 Å². The van der Waals surface area contributed by atoms with Gasteiger partial charge in [-0.25, -0.2) is 0 Å². The molecular formula is C25H26N2O. The first-order chi connectivity index (χ1) is 13.6. The second-order valence-corrected chi connectivity index (χ2v) is 7.62. The van der Waals surface area contributed by atoms with Gasteiger partial charge in [-0.05, 0) is 73.2 Å². The van der Waals surface area contributed by atoms with E-state index in [4.69, 9.17) is 0 Å². The largest absolute Gasteiger partial charge is 0.367 e. The second kappa shape index (κ2) is 7.89. The van der Waals surface area contributed by atoms with Crippen LogP contribution in [-0.4, -0.2) is 12.5 Å². The third-order valence-electron chi connectivity index (χ3n) is 5.44. The lowest BCUT2D eigenvalue weighted by Crippen LogP contribution is -2.28. The van der Waals surface area contributed by atoms with Gasteiger partial charge in [0, 0.05) is 30.0 Å². The van der Waals surface area contributed by atoms with E-state index < -0.39 is 0 Å². The Morgan fingerprint density at radius 1 is 1.00 bits per heavy atom. The number of nitrogens with one attached hydrogen (secondary N) is 1. The maximum atomic E-state index is 12.6. The van der Waals surface area contributed by atoms with Crippen LogP contribution in [0.25, 0.3) is 0 Å². The number of carbonyl (C=O) groups is 1. The molecule has 1 aliphatic heterocycles. The van der Waals surface area contributed by atoms with Crippen molar-refractivity contribution in [2.24, 2.45) is 0 Å². The first-order valence-corrected chi connectivity index (χ1v) is 9.90. The molecule has 0 radical (unpaired) electrons. The predicted molar refractivity (Wildman–Crippen MR) is 116 cm³/mol. The minimum Gasteiger partial charge on any atom is -0.367 e. The van der Waals surface area contributed by atoms with Gasteiger partial charge in [0.15, 0.2) is 0 Å². The summed E-state index contributed by atoms with van der Waals surface area (Å²) in [6, 6.07) is 22.7. The van der Waals surface area contributed by atoms with Crippen molar-refractivity contribution in [1.29, 1.82) is 0 Å². The highest BCUT2D eigenvalue weighted by molar-refractivity contribution is 6.04. The van der Waals surface area contributed by atoms with Crippen molar-refractivity contribution in [2.45, 2.75) is 33.2 Å². The molecule has 0 saturated heterocycles. The molecule has 0 spiro atoms. The number of carbonyl (C=O) groups excluding carboxylic acids is 1. The van der Waals surface area contributed by atoms with Crippen LogP contribution in [0.15, 0.2) is 66.7 Å². The van der Waals surface area contributed by atoms with Gasteiger partial charge in [0.2, 0.25) is 0 Å². The molecule has 1 aliphatic rings. The number of anilines is 2. The highest BCUT2D eigenvalue weighted by Crippen LogP contribution is 2.28. The lowest BCUT2D eigenvalue weighted by atomic mass is 10.0. The van der Waals surface area contributed by atoms with Crippen molar-refractivity contribution in [1.82, 2.24) is 0 Å². The highest BCUT2D eigenvalue weighted by Gasteiger charge is 2.16. The summed E-state index contributed by atoms with van der Waals surface area (Å²) in [5.41, 5.74) is 7.75. The third-order valence-corrected chi connectivity index (χ3v) is 5.44. The van der Waals surface area contributed by atoms with E-state index in [-0.39, 0.29) is 5.91 Å². The summed E-state index contributed by atoms with van der Waals surface area (Å²) in [6.07, 6.45) is 2.34. The van der Waals surface area contributed by atoms with Gasteiger partial charge in [0.05, 0.1) is 0 Å². The molecule has 1 N–H and O–H groups in total. The third kappa shape index (κ3) is 3.94. The fourth-order valence-electron chi connectivity index (χ4n) is 3.82. The van der Waals surface area contributed by atoms with E-state index in [9.17, 15) is 4.79 Å². The molecule has 0 bridgehead atoms. The molecule has 1 heterocycles. The standard InChI is InChI=1S/C25H26N2O/c1-18-9-10-19(2)23(16-18)26-25(28)22-13-11-20(12-14-22)17-27-15-5-7-21-6-3-4-8-24(21)27/h3-4,6,8-14,16H,5,7,15,17H2,1-2H3,(H,26,28). The van der Waals surface area contributed by atoms with E-state index in [1.54, 1.807) is 0 Å². The molecule has 0 aliphatic carbocycles. The molecule has 0 unspecified atom stereocenters. The van der Waals surface area contributed by atoms with Crippen LogP contribution in [-0.2, 0) is 13.0 Å². The fourth-order valence-corrected chi connectivity index (χ4v) is 3.82. The summed E-state index contributed by atoms with van der Waals surface area (Å²) in [7, 11) is 0. The summed E-state index contributed by atoms with van der Waals surface area (Å²) in [4.78, 5) is 15.1. The molecule has 28 heavy (non-hydrogen) atoms. The first kappa shape index (κ1) is 18.3. The average molecular weight is 370 g/mol. The van der Waals surface area contributed by atoms with E-state index in [0.717, 1.165) is 36.3 Å². The normalized spacial score (nSPS) is 13.1. The molecule has 3 nitrogen and oxygen atoms in total. The highest BCUT2D eigenvalue weighted by atomic mass is 16.1. The lowest BCUT2D eigenvalue weighted by Gasteiger charge is -2.31. The molecule has 0 aromatic heterocycles. The predicted octanol–water partition coefficient (Wildman–Crippen LogP) is 5.51. The molecule has 3 aromatic carbocycles. The van der Waals surface area contributed by atoms with Gasteiger partial charge in [0.1, 0.15) is 0 Å². The Morgan fingerprint density at radius 3 is 2.61 bits per heavy atom. The van der Waals surface area contributed by atoms with Crippen molar-refractivity contribution in [3.63, 3.8) is 0 Å². The monoisotopic (exact) mass is 370 g/mol. The van der Waals surface area contributed by atoms with Crippen LogP contribution < -0.4 is 10.2 Å². The smallest absolute Gasteiger partial charge is 0.255 e. The van der Waals surface area contributed by atoms with E-state index in [1.165, 1.54) is 23.2 Å². The number of para-hydroxylation sites is 1. The second-order valence-electron chi connectivity index (χ2n) is 7.62. The molecule has 3 heteroatoms. The van der Waals surface area contributed by atoms with Crippen LogP contribution in [0.5, 0.6) is 0 Å². The quantitative estimate of drug-likeness (QED) is 0.657. The van der Waals surface area contributed by atoms with Crippen molar-refractivity contribution in [3.05, 3.63) is 94.5 Å². The number of aryl methyl sites for hydroxylation is 3. The van der Waals surface area contributed by atoms with Gasteiger partial charge in [0.25, 0.3) is 5.91 Å². The molecule has 0 fully saturated rings. The topological polar surface area (TPSA) is 32.3 Å². The number of benzene rings is 3. The zero-order valence-corrected chi connectivity index (χ0v) is 16.5. The van der Waals surface area contributed by atoms with Crippen molar-refractivity contribution >= 4 is 17.3 Å². The average Bonchev–Trinajstić information content (AvgIpc) is 2.71. The van der Waals surface area contributed by atoms with Gasteiger partial charge in [-0.1, -0.05) is 42.5 Å². The summed E-state index contributed by atoms with van der Waals surface area (Å²) in [6.45, 7) is 5.99. The number of rotatable bonds is 4. The van der Waals surface area contributed by atoms with Gasteiger partial charge < -0.3 is 10.2 Å². The van der Waals surface area contributed by atoms with Crippen LogP contribution in [0.3, 0.4) is 0 Å². The lowest BCUT2D eigenvalue weighted by molar-refractivity contribution is 0.102. The minimum absolute atomic E-state index is 0.0661. The Hall–Kier alpha value is -3.07. The Balaban J connectivity index is 1.46. The Labute approximate surface area is 167 Å². The van der Waals surface area contributed by atoms with Gasteiger partial charge in [-0.2, -0.15) is 0 Å². The maximum Gasteiger partial charge on any atom is 0.255 e. The molecule has 4 rings (SSSR count). The zero-order valence-electron chi connectivity index (χ0n) is 16.5. The van der Waals surface area contributed by atoms with Crippen molar-refractivity contribution in [2.75, 3.05) is 16.8 Å². The molecule has 1 amide bonds. The van der Waals surface area contributed by atoms with Crippen LogP contribution in [0.4, 0.5) is 11.4 Å². The number of hydrogen-bond donors (Lipinski definition) is 1. The van der Waals surface area contributed by atoms with Gasteiger partial charge >= 0.3 is 0 Å². The van der Waals surface area contributed by atoms with Crippen LogP contribution in [0.2, 0.25) is 0 Å². The van der Waals surface area contributed by atoms with Gasteiger partial charge in [-0.3, -0.25) is 4.79 Å². The summed E-state index contributed by atoms with van der Waals surface area (Å²) in [5.74, 6) is -0.0661. The van der Waals surface area contributed by atoms with Crippen molar-refractivity contribution < 1.29 is 4.79 Å². The molecule has 0 saturated carbocycles. The Morgan fingerprint density at radius 2 is 1.79 bits per heavy atom. The molecule has 142 valence electrons. The van der Waals surface area contributed by atoms with E-state index >= 15 is 0 Å². The summed E-state index contributed by atoms with van der Waals surface area (Å²) >= 11 is 0. The van der Waals surface area contributed by atoms with E-state index in [0.29, 0.717) is 5.56 Å². The van der Waals surface area contributed by atoms with E-state index in [1.807, 2.05) is 38.1 Å². The Kier molecular flexibility index (Phi) is 5.16. The SMILES string of the molecule is Cc1ccc(C)c(NC(=O)c2ccc(CN3CCCc4ccccc43)cc2)c1. The van der Waals surface area contributed by atoms with Crippen molar-refractivity contribution in [3.8, 4) is 0 Å². The number of amides is 1. The Bertz CT molecular complexity index is 992. The minimum atomic E-state index is -0.0661. The molecule has 3 aromatic rings. The number of nitrogens with zero attached hydrogens (tertiary/aromatic N) is 1.